The smallest absolute Gasteiger partial charge is 0.179 e. The highest BCUT2D eigenvalue weighted by molar-refractivity contribution is 7.20. The van der Waals surface area contributed by atoms with Gasteiger partial charge in [-0.25, -0.2) is 4.98 Å². The van der Waals surface area contributed by atoms with E-state index in [9.17, 15) is 0 Å². The van der Waals surface area contributed by atoms with Crippen molar-refractivity contribution < 1.29 is 0 Å². The summed E-state index contributed by atoms with van der Waals surface area (Å²) < 4.78 is 7.26. The lowest BCUT2D eigenvalue weighted by Crippen LogP contribution is -2.74. The van der Waals surface area contributed by atoms with Crippen molar-refractivity contribution in [2.45, 2.75) is 0 Å². The highest BCUT2D eigenvalue weighted by Gasteiger charge is 2.42. The fraction of sp³-hybridized carbons (Fsp3) is 0. The quantitative estimate of drug-likeness (QED) is 0.116. The van der Waals surface area contributed by atoms with Gasteiger partial charge in [-0.05, 0) is 75.3 Å². The molecule has 4 heterocycles. The third-order valence-electron chi connectivity index (χ3n) is 13.4. The number of hydrogen-bond donors (Lipinski definition) is 0. The molecule has 5 heteroatoms. The van der Waals surface area contributed by atoms with Crippen molar-refractivity contribution in [3.05, 3.63) is 243 Å². The Hall–Kier alpha value is -8.25. The van der Waals surface area contributed by atoms with Gasteiger partial charge in [0.15, 0.2) is 8.07 Å². The van der Waals surface area contributed by atoms with Crippen molar-refractivity contribution in [1.82, 2.24) is 18.7 Å². The zero-order valence-electron chi connectivity index (χ0n) is 34.9. The van der Waals surface area contributed by atoms with Gasteiger partial charge in [0.25, 0.3) is 0 Å². The van der Waals surface area contributed by atoms with Gasteiger partial charge in [-0.15, -0.1) is 0 Å². The van der Waals surface area contributed by atoms with Gasteiger partial charge >= 0.3 is 0 Å². The summed E-state index contributed by atoms with van der Waals surface area (Å²) in [5.74, 6) is 1.76. The first kappa shape index (κ1) is 36.4. The minimum Gasteiger partial charge on any atom is -0.309 e. The normalized spacial score (nSPS) is 12.1. The van der Waals surface area contributed by atoms with E-state index in [4.69, 9.17) is 4.98 Å². The monoisotopic (exact) mass is 832 g/mol. The van der Waals surface area contributed by atoms with Gasteiger partial charge in [-0.1, -0.05) is 188 Å². The maximum Gasteiger partial charge on any atom is 0.179 e. The Morgan fingerprint density at radius 1 is 0.266 bits per heavy atom. The maximum atomic E-state index is 5.85. The van der Waals surface area contributed by atoms with Crippen LogP contribution in [0.5, 0.6) is 0 Å². The van der Waals surface area contributed by atoms with Crippen molar-refractivity contribution in [3.8, 4) is 17.3 Å². The first-order valence-corrected chi connectivity index (χ1v) is 24.0. The molecule has 0 radical (unpaired) electrons. The Kier molecular flexibility index (Phi) is 8.20. The summed E-state index contributed by atoms with van der Waals surface area (Å²) in [7, 11) is -3.04. The van der Waals surface area contributed by atoms with E-state index >= 15 is 0 Å². The Balaban J connectivity index is 1.20. The number of pyridine rings is 1. The Bertz CT molecular complexity index is 3700. The second-order valence-electron chi connectivity index (χ2n) is 16.7. The van der Waals surface area contributed by atoms with Crippen LogP contribution in [0.4, 0.5) is 0 Å². The molecule has 13 rings (SSSR count). The highest BCUT2D eigenvalue weighted by Crippen LogP contribution is 2.40. The lowest BCUT2D eigenvalue weighted by atomic mass is 10.1. The SMILES string of the molecule is c1ccc([Si](c2ccccc2)(c2ccccc2)c2cc(-n3c4ccccc4c4ccccc43)nc(-n3c4ccccc4c4c(-n5c6ccccc6c6ccccc65)cccc43)c2)cc1. The molecule has 0 atom stereocenters. The predicted molar refractivity (Wildman–Crippen MR) is 271 cm³/mol. The van der Waals surface area contributed by atoms with Gasteiger partial charge < -0.3 is 4.57 Å². The van der Waals surface area contributed by atoms with E-state index in [1.165, 1.54) is 64.1 Å². The van der Waals surface area contributed by atoms with Gasteiger partial charge in [0.1, 0.15) is 11.6 Å². The van der Waals surface area contributed by atoms with Crippen LogP contribution in [0.2, 0.25) is 0 Å². The van der Waals surface area contributed by atoms with E-state index in [-0.39, 0.29) is 0 Å². The van der Waals surface area contributed by atoms with Crippen molar-refractivity contribution in [2.75, 3.05) is 0 Å². The minimum atomic E-state index is -3.04. The zero-order chi connectivity index (χ0) is 42.2. The van der Waals surface area contributed by atoms with E-state index in [1.807, 2.05) is 0 Å². The van der Waals surface area contributed by atoms with Crippen LogP contribution < -0.4 is 20.7 Å². The van der Waals surface area contributed by atoms with Gasteiger partial charge in [0.05, 0.1) is 38.8 Å². The number of fused-ring (bicyclic) bond motifs is 9. The largest absolute Gasteiger partial charge is 0.309 e. The van der Waals surface area contributed by atoms with Crippen LogP contribution >= 0.6 is 0 Å². The predicted octanol–water partition coefficient (Wildman–Crippen LogP) is 11.8. The third kappa shape index (κ3) is 5.25. The fourth-order valence-electron chi connectivity index (χ4n) is 10.8. The molecule has 0 fully saturated rings. The molecule has 0 amide bonds. The molecule has 0 N–H and O–H groups in total. The van der Waals surface area contributed by atoms with Crippen LogP contribution in [-0.4, -0.2) is 26.8 Å². The molecule has 0 unspecified atom stereocenters. The number of rotatable bonds is 7. The summed E-state index contributed by atoms with van der Waals surface area (Å²) in [5, 5.41) is 12.5. The van der Waals surface area contributed by atoms with Gasteiger partial charge in [-0.3, -0.25) is 9.13 Å². The molecule has 0 saturated heterocycles. The topological polar surface area (TPSA) is 27.7 Å². The number of hydrogen-bond acceptors (Lipinski definition) is 1. The highest BCUT2D eigenvalue weighted by atomic mass is 28.3. The summed E-state index contributed by atoms with van der Waals surface area (Å²) in [6.07, 6.45) is 0. The molecule has 64 heavy (non-hydrogen) atoms. The summed E-state index contributed by atoms with van der Waals surface area (Å²) in [6, 6.07) is 89.1. The molecule has 4 nitrogen and oxygen atoms in total. The summed E-state index contributed by atoms with van der Waals surface area (Å²) in [6.45, 7) is 0. The average Bonchev–Trinajstić information content (AvgIpc) is 4.01. The van der Waals surface area contributed by atoms with Gasteiger partial charge in [0, 0.05) is 32.3 Å². The van der Waals surface area contributed by atoms with E-state index in [0.717, 1.165) is 39.4 Å². The second kappa shape index (κ2) is 14.4. The fourth-order valence-corrected chi connectivity index (χ4v) is 15.6. The summed E-state index contributed by atoms with van der Waals surface area (Å²) in [4.78, 5) is 5.85. The molecule has 0 saturated carbocycles. The second-order valence-corrected chi connectivity index (χ2v) is 20.5. The first-order chi connectivity index (χ1) is 31.8. The van der Waals surface area contributed by atoms with Crippen LogP contribution in [0.1, 0.15) is 0 Å². The Labute approximate surface area is 371 Å². The molecular weight excluding hydrogens is 793 g/mol. The van der Waals surface area contributed by atoms with Crippen molar-refractivity contribution in [1.29, 1.82) is 0 Å². The molecule has 0 aliphatic rings. The zero-order valence-corrected chi connectivity index (χ0v) is 35.9. The van der Waals surface area contributed by atoms with Gasteiger partial charge in [0.2, 0.25) is 0 Å². The molecule has 13 aromatic rings. The summed E-state index contributed by atoms with van der Waals surface area (Å²) >= 11 is 0. The van der Waals surface area contributed by atoms with E-state index < -0.39 is 8.07 Å². The molecule has 0 spiro atoms. The minimum absolute atomic E-state index is 0.875. The van der Waals surface area contributed by atoms with Crippen LogP contribution in [-0.2, 0) is 0 Å². The molecule has 4 aromatic heterocycles. The number of para-hydroxylation sites is 5. The van der Waals surface area contributed by atoms with Crippen LogP contribution in [0.15, 0.2) is 243 Å². The average molecular weight is 833 g/mol. The number of aromatic nitrogens is 4. The van der Waals surface area contributed by atoms with E-state index in [0.29, 0.717) is 0 Å². The van der Waals surface area contributed by atoms with E-state index in [1.54, 1.807) is 0 Å². The Morgan fingerprint density at radius 2 is 0.594 bits per heavy atom. The standard InChI is InChI=1S/C59H40N4Si/c1-4-21-41(22-5-1)64(42-23-6-2-7-24-42,43-25-8-3-9-26-43)44-39-57(62-52-34-17-12-29-47(52)48-30-13-18-35-53(48)62)60-58(40-44)63-54-36-19-14-31-49(54)59-55(37-20-38-56(59)63)61-50-32-15-10-27-45(50)46-28-11-16-33-51(46)61/h1-40H. The van der Waals surface area contributed by atoms with Crippen LogP contribution in [0, 0.1) is 0 Å². The van der Waals surface area contributed by atoms with Crippen LogP contribution in [0.25, 0.3) is 82.7 Å². The number of nitrogens with zero attached hydrogens (tertiary/aromatic N) is 4. The van der Waals surface area contributed by atoms with Crippen molar-refractivity contribution in [3.63, 3.8) is 0 Å². The maximum absolute atomic E-state index is 5.85. The first-order valence-electron chi connectivity index (χ1n) is 22.0. The molecular formula is C59H40N4Si. The lowest BCUT2D eigenvalue weighted by molar-refractivity contribution is 1.02. The van der Waals surface area contributed by atoms with E-state index in [2.05, 4.69) is 256 Å². The summed E-state index contributed by atoms with van der Waals surface area (Å²) in [5.41, 5.74) is 7.98. The molecule has 0 aliphatic heterocycles. The lowest BCUT2D eigenvalue weighted by Gasteiger charge is -2.35. The van der Waals surface area contributed by atoms with Crippen molar-refractivity contribution >= 4 is 94.2 Å². The molecule has 0 bridgehead atoms. The molecule has 0 aliphatic carbocycles. The van der Waals surface area contributed by atoms with Gasteiger partial charge in [-0.2, -0.15) is 0 Å². The Morgan fingerprint density at radius 3 is 1.03 bits per heavy atom. The third-order valence-corrected chi connectivity index (χ3v) is 18.1. The number of benzene rings is 9. The molecule has 9 aromatic carbocycles. The van der Waals surface area contributed by atoms with Crippen molar-refractivity contribution in [2.24, 2.45) is 0 Å². The van der Waals surface area contributed by atoms with Crippen LogP contribution in [0.3, 0.4) is 0 Å². The molecule has 300 valence electrons.